The van der Waals surface area contributed by atoms with Gasteiger partial charge in [-0.2, -0.15) is 26.3 Å². The summed E-state index contributed by atoms with van der Waals surface area (Å²) in [5, 5.41) is 3.24. The van der Waals surface area contributed by atoms with E-state index in [1.54, 1.807) is 17.3 Å². The molecule has 38 heavy (non-hydrogen) atoms. The summed E-state index contributed by atoms with van der Waals surface area (Å²) in [5.74, 6) is -0.105. The average Bonchev–Trinajstić information content (AvgIpc) is 3.11. The van der Waals surface area contributed by atoms with Crippen LogP contribution in [0.3, 0.4) is 0 Å². The predicted octanol–water partition coefficient (Wildman–Crippen LogP) is 6.88. The highest BCUT2D eigenvalue weighted by molar-refractivity contribution is 5.62. The van der Waals surface area contributed by atoms with Gasteiger partial charge in [0, 0.05) is 55.8 Å². The van der Waals surface area contributed by atoms with Crippen molar-refractivity contribution < 1.29 is 26.3 Å². The molecule has 0 saturated heterocycles. The minimum absolute atomic E-state index is 0.105. The molecular weight excluding hydrogens is 508 g/mol. The van der Waals surface area contributed by atoms with Crippen molar-refractivity contribution in [3.63, 3.8) is 0 Å². The van der Waals surface area contributed by atoms with Crippen LogP contribution in [0.25, 0.3) is 0 Å². The first-order valence-corrected chi connectivity index (χ1v) is 11.9. The molecule has 0 aliphatic carbocycles. The molecule has 0 unspecified atom stereocenters. The molecule has 11 heteroatoms. The van der Waals surface area contributed by atoms with Gasteiger partial charge in [-0.15, -0.1) is 0 Å². The van der Waals surface area contributed by atoms with Crippen molar-refractivity contribution in [2.24, 2.45) is 0 Å². The number of halogens is 6. The third-order valence-corrected chi connectivity index (χ3v) is 6.59. The maximum absolute atomic E-state index is 13.7. The Morgan fingerprint density at radius 1 is 0.789 bits per heavy atom. The van der Waals surface area contributed by atoms with Gasteiger partial charge in [0.25, 0.3) is 0 Å². The fourth-order valence-electron chi connectivity index (χ4n) is 4.73. The molecule has 2 aliphatic rings. The van der Waals surface area contributed by atoms with E-state index in [9.17, 15) is 26.3 Å². The van der Waals surface area contributed by atoms with Gasteiger partial charge in [-0.25, -0.2) is 4.98 Å². The summed E-state index contributed by atoms with van der Waals surface area (Å²) in [4.78, 5) is 11.7. The minimum Gasteiger partial charge on any atom is -0.355 e. The standard InChI is InChI=1S/C27H23F6N5/c28-26(29,30)19-3-5-20(6-4-19)36-24-17-38(21-7-12-34-13-8-21)16-18-9-14-37(15-10-22(18)24)25-23(27(31,32)33)2-1-11-35-25/h1-8,11-13,17,36H,9-10,14-16H2. The molecule has 0 bridgehead atoms. The lowest BCUT2D eigenvalue weighted by molar-refractivity contribution is -0.138. The van der Waals surface area contributed by atoms with Crippen LogP contribution in [0.15, 0.2) is 90.2 Å². The lowest BCUT2D eigenvalue weighted by Crippen LogP contribution is -2.28. The van der Waals surface area contributed by atoms with Crippen LogP contribution in [0.5, 0.6) is 0 Å². The summed E-state index contributed by atoms with van der Waals surface area (Å²) in [6, 6.07) is 10.7. The lowest BCUT2D eigenvalue weighted by Gasteiger charge is -2.31. The van der Waals surface area contributed by atoms with Gasteiger partial charge in [0.15, 0.2) is 0 Å². The van der Waals surface area contributed by atoms with Gasteiger partial charge in [0.2, 0.25) is 0 Å². The van der Waals surface area contributed by atoms with E-state index in [0.717, 1.165) is 35.0 Å². The monoisotopic (exact) mass is 531 g/mol. The molecule has 1 aromatic carbocycles. The van der Waals surface area contributed by atoms with Crippen LogP contribution in [0.2, 0.25) is 0 Å². The average molecular weight is 532 g/mol. The molecule has 0 fully saturated rings. The Morgan fingerprint density at radius 2 is 1.50 bits per heavy atom. The van der Waals surface area contributed by atoms with Crippen LogP contribution >= 0.6 is 0 Å². The van der Waals surface area contributed by atoms with Crippen LogP contribution in [0.1, 0.15) is 24.0 Å². The minimum atomic E-state index is -4.53. The molecule has 0 radical (unpaired) electrons. The van der Waals surface area contributed by atoms with E-state index in [1.165, 1.54) is 24.4 Å². The van der Waals surface area contributed by atoms with Crippen molar-refractivity contribution >= 4 is 17.2 Å². The highest BCUT2D eigenvalue weighted by Gasteiger charge is 2.36. The smallest absolute Gasteiger partial charge is 0.355 e. The largest absolute Gasteiger partial charge is 0.419 e. The number of nitrogens with one attached hydrogen (secondary N) is 1. The van der Waals surface area contributed by atoms with Crippen LogP contribution in [0.4, 0.5) is 43.5 Å². The van der Waals surface area contributed by atoms with E-state index < -0.39 is 23.5 Å². The normalized spacial score (nSPS) is 16.6. The molecular formula is C27H23F6N5. The lowest BCUT2D eigenvalue weighted by atomic mass is 9.96. The Balaban J connectivity index is 1.45. The molecule has 4 heterocycles. The molecule has 2 aliphatic heterocycles. The topological polar surface area (TPSA) is 44.3 Å². The quantitative estimate of drug-likeness (QED) is 0.372. The molecule has 2 aromatic heterocycles. The maximum Gasteiger partial charge on any atom is 0.419 e. The summed E-state index contributed by atoms with van der Waals surface area (Å²) in [6.07, 6.45) is -1.49. The molecule has 5 nitrogen and oxygen atoms in total. The molecule has 198 valence electrons. The highest BCUT2D eigenvalue weighted by Crippen LogP contribution is 2.38. The summed E-state index contributed by atoms with van der Waals surface area (Å²) >= 11 is 0. The van der Waals surface area contributed by atoms with Gasteiger partial charge in [0.1, 0.15) is 5.82 Å². The van der Waals surface area contributed by atoms with E-state index in [4.69, 9.17) is 0 Å². The number of allylic oxidation sites excluding steroid dienone is 1. The third-order valence-electron chi connectivity index (χ3n) is 6.59. The Bertz CT molecular complexity index is 1350. The number of hydrogen-bond donors (Lipinski definition) is 1. The number of nitrogens with zero attached hydrogens (tertiary/aromatic N) is 4. The highest BCUT2D eigenvalue weighted by atomic mass is 19.4. The van der Waals surface area contributed by atoms with Crippen LogP contribution in [-0.2, 0) is 12.4 Å². The Hall–Kier alpha value is -4.02. The second-order valence-corrected chi connectivity index (χ2v) is 9.02. The Morgan fingerprint density at radius 3 is 2.18 bits per heavy atom. The van der Waals surface area contributed by atoms with Gasteiger partial charge in [-0.05, 0) is 72.5 Å². The van der Waals surface area contributed by atoms with Crippen molar-refractivity contribution in [1.82, 2.24) is 9.97 Å². The van der Waals surface area contributed by atoms with Crippen molar-refractivity contribution in [3.05, 3.63) is 101 Å². The number of alkyl halides is 6. The zero-order valence-corrected chi connectivity index (χ0v) is 20.0. The van der Waals surface area contributed by atoms with Gasteiger partial charge in [-0.3, -0.25) is 4.98 Å². The summed E-state index contributed by atoms with van der Waals surface area (Å²) in [6.45, 7) is 1.18. The predicted molar refractivity (Wildman–Crippen MR) is 132 cm³/mol. The molecule has 3 aromatic rings. The summed E-state index contributed by atoms with van der Waals surface area (Å²) in [5.41, 5.74) is 2.45. The Kier molecular flexibility index (Phi) is 6.77. The van der Waals surface area contributed by atoms with E-state index in [2.05, 4.69) is 15.3 Å². The van der Waals surface area contributed by atoms with Crippen molar-refractivity contribution in [2.45, 2.75) is 25.2 Å². The Labute approximate surface area is 215 Å². The fourth-order valence-corrected chi connectivity index (χ4v) is 4.73. The zero-order chi connectivity index (χ0) is 26.9. The third kappa shape index (κ3) is 5.46. The SMILES string of the molecule is FC(F)(F)c1ccc(NC2=CN(c3ccncc3)CC3=C2CCN(c2ncccc2C(F)(F)F)CC3)cc1. The fraction of sp³-hybridized carbons (Fsp3) is 0.259. The van der Waals surface area contributed by atoms with E-state index in [1.807, 2.05) is 23.2 Å². The number of pyridine rings is 2. The van der Waals surface area contributed by atoms with E-state index in [-0.39, 0.29) is 5.82 Å². The first-order valence-electron chi connectivity index (χ1n) is 11.9. The molecule has 1 N–H and O–H groups in total. The van der Waals surface area contributed by atoms with Gasteiger partial charge >= 0.3 is 12.4 Å². The van der Waals surface area contributed by atoms with Gasteiger partial charge < -0.3 is 15.1 Å². The van der Waals surface area contributed by atoms with Gasteiger partial charge in [-0.1, -0.05) is 0 Å². The number of benzene rings is 1. The molecule has 0 spiro atoms. The summed E-state index contributed by atoms with van der Waals surface area (Å²) in [7, 11) is 0. The van der Waals surface area contributed by atoms with E-state index >= 15 is 0 Å². The van der Waals surface area contributed by atoms with Crippen molar-refractivity contribution in [2.75, 3.05) is 34.8 Å². The number of anilines is 3. The van der Waals surface area contributed by atoms with E-state index in [0.29, 0.717) is 43.9 Å². The van der Waals surface area contributed by atoms with Crippen molar-refractivity contribution in [3.8, 4) is 0 Å². The maximum atomic E-state index is 13.7. The second-order valence-electron chi connectivity index (χ2n) is 9.02. The second kappa shape index (κ2) is 10.0. The zero-order valence-electron chi connectivity index (χ0n) is 20.0. The van der Waals surface area contributed by atoms with Crippen LogP contribution in [-0.4, -0.2) is 29.6 Å². The first kappa shape index (κ1) is 25.6. The molecule has 0 saturated carbocycles. The number of hydrogen-bond acceptors (Lipinski definition) is 5. The van der Waals surface area contributed by atoms with Crippen LogP contribution < -0.4 is 15.1 Å². The molecule has 5 rings (SSSR count). The first-order chi connectivity index (χ1) is 18.1. The molecule has 0 amide bonds. The van der Waals surface area contributed by atoms with Gasteiger partial charge in [0.05, 0.1) is 16.8 Å². The summed E-state index contributed by atoms with van der Waals surface area (Å²) < 4.78 is 80.1. The number of aromatic nitrogens is 2. The molecule has 0 atom stereocenters. The number of rotatable bonds is 4. The van der Waals surface area contributed by atoms with Crippen LogP contribution in [0, 0.1) is 0 Å². The van der Waals surface area contributed by atoms with Crippen molar-refractivity contribution in [1.29, 1.82) is 0 Å².